The molecule has 0 unspecified atom stereocenters. The molecule has 0 atom stereocenters. The zero-order valence-electron chi connectivity index (χ0n) is 10.7. The van der Waals surface area contributed by atoms with Crippen LogP contribution in [-0.2, 0) is 4.79 Å². The average Bonchev–Trinajstić information content (AvgIpc) is 2.43. The molecule has 8 heteroatoms. The second-order valence-corrected chi connectivity index (χ2v) is 3.82. The summed E-state index contributed by atoms with van der Waals surface area (Å²) in [5, 5.41) is 1.55. The summed E-state index contributed by atoms with van der Waals surface area (Å²) in [7, 11) is 3.17. The van der Waals surface area contributed by atoms with Gasteiger partial charge in [-0.3, -0.25) is 9.78 Å². The summed E-state index contributed by atoms with van der Waals surface area (Å²) in [5.41, 5.74) is 0.385. The topological polar surface area (TPSA) is 109 Å². The van der Waals surface area contributed by atoms with E-state index in [2.05, 4.69) is 4.98 Å². The highest BCUT2D eigenvalue weighted by molar-refractivity contribution is 5.92. The molecule has 0 aliphatic rings. The van der Waals surface area contributed by atoms with Gasteiger partial charge in [0.05, 0.1) is 11.9 Å². The van der Waals surface area contributed by atoms with Crippen molar-refractivity contribution in [2.75, 3.05) is 19.1 Å². The van der Waals surface area contributed by atoms with Gasteiger partial charge in [-0.2, -0.15) is 0 Å². The van der Waals surface area contributed by atoms with Crippen molar-refractivity contribution in [1.29, 1.82) is 0 Å². The van der Waals surface area contributed by atoms with Crippen molar-refractivity contribution in [1.82, 2.24) is 14.9 Å². The monoisotopic (exact) mass is 264 g/mol. The molecule has 19 heavy (non-hydrogen) atoms. The number of hydrogen-bond donors (Lipinski definition) is 2. The summed E-state index contributed by atoms with van der Waals surface area (Å²) in [4.78, 5) is 28.3. The molecule has 1 aromatic heterocycles. The molecular formula is C11H16N6O2. The summed E-state index contributed by atoms with van der Waals surface area (Å²) in [6, 6.07) is 2.54. The van der Waals surface area contributed by atoms with Crippen molar-refractivity contribution in [3.05, 3.63) is 36.8 Å². The van der Waals surface area contributed by atoms with E-state index in [1.54, 1.807) is 32.4 Å². The van der Waals surface area contributed by atoms with Crippen LogP contribution >= 0.6 is 0 Å². The van der Waals surface area contributed by atoms with E-state index in [1.807, 2.05) is 0 Å². The lowest BCUT2D eigenvalue weighted by molar-refractivity contribution is -0.123. The molecule has 0 spiro atoms. The Bertz CT molecular complexity index is 473. The van der Waals surface area contributed by atoms with Gasteiger partial charge in [0.1, 0.15) is 0 Å². The third-order valence-electron chi connectivity index (χ3n) is 2.17. The second kappa shape index (κ2) is 6.47. The van der Waals surface area contributed by atoms with Gasteiger partial charge in [-0.05, 0) is 12.1 Å². The van der Waals surface area contributed by atoms with Gasteiger partial charge in [-0.15, -0.1) is 0 Å². The highest BCUT2D eigenvalue weighted by Gasteiger charge is 2.15. The first kappa shape index (κ1) is 14.6. The fraction of sp³-hybridized carbons (Fsp3) is 0.182. The maximum absolute atomic E-state index is 11.8. The molecule has 102 valence electrons. The molecule has 1 aromatic rings. The van der Waals surface area contributed by atoms with E-state index in [9.17, 15) is 9.59 Å². The van der Waals surface area contributed by atoms with E-state index in [-0.39, 0.29) is 5.91 Å². The van der Waals surface area contributed by atoms with Gasteiger partial charge in [-0.1, -0.05) is 0 Å². The smallest absolute Gasteiger partial charge is 0.345 e. The number of hydrazine groups is 2. The number of anilines is 1. The summed E-state index contributed by atoms with van der Waals surface area (Å²) >= 11 is 0. The van der Waals surface area contributed by atoms with Crippen LogP contribution in [0.2, 0.25) is 0 Å². The van der Waals surface area contributed by atoms with E-state index in [4.69, 9.17) is 11.7 Å². The Labute approximate surface area is 110 Å². The van der Waals surface area contributed by atoms with Gasteiger partial charge < -0.3 is 4.90 Å². The molecule has 4 N–H and O–H groups in total. The Hall–Kier alpha value is -2.45. The minimum absolute atomic E-state index is 0.298. The largest absolute Gasteiger partial charge is 0.357 e. The Morgan fingerprint density at radius 1 is 1.32 bits per heavy atom. The molecule has 1 rings (SSSR count). The van der Waals surface area contributed by atoms with Crippen LogP contribution in [-0.4, -0.2) is 40.9 Å². The van der Waals surface area contributed by atoms with Crippen molar-refractivity contribution in [3.63, 3.8) is 0 Å². The van der Waals surface area contributed by atoms with Gasteiger partial charge in [0.15, 0.2) is 0 Å². The Morgan fingerprint density at radius 3 is 2.53 bits per heavy atom. The lowest BCUT2D eigenvalue weighted by Gasteiger charge is -2.20. The maximum Gasteiger partial charge on any atom is 0.357 e. The van der Waals surface area contributed by atoms with Crippen LogP contribution in [0, 0.1) is 0 Å². The number of hydrogen-bond acceptors (Lipinski definition) is 5. The number of nitrogens with two attached hydrogens (primary N) is 2. The maximum atomic E-state index is 11.8. The molecule has 0 aliphatic carbocycles. The van der Waals surface area contributed by atoms with E-state index in [0.29, 0.717) is 10.7 Å². The zero-order chi connectivity index (χ0) is 14.4. The third-order valence-corrected chi connectivity index (χ3v) is 2.17. The van der Waals surface area contributed by atoms with Gasteiger partial charge >= 0.3 is 6.03 Å². The highest BCUT2D eigenvalue weighted by atomic mass is 16.2. The minimum atomic E-state index is -0.698. The number of nitrogens with zero attached hydrogens (tertiary/aromatic N) is 4. The van der Waals surface area contributed by atoms with Crippen molar-refractivity contribution >= 4 is 17.6 Å². The van der Waals surface area contributed by atoms with Crippen LogP contribution in [0.15, 0.2) is 36.8 Å². The lowest BCUT2D eigenvalue weighted by Crippen LogP contribution is -2.48. The van der Waals surface area contributed by atoms with Gasteiger partial charge in [-0.25, -0.2) is 26.5 Å². The minimum Gasteiger partial charge on any atom is -0.345 e. The second-order valence-electron chi connectivity index (χ2n) is 3.82. The van der Waals surface area contributed by atoms with E-state index < -0.39 is 6.03 Å². The van der Waals surface area contributed by atoms with Gasteiger partial charge in [0, 0.05) is 32.6 Å². The van der Waals surface area contributed by atoms with Crippen LogP contribution < -0.4 is 16.7 Å². The molecule has 0 saturated heterocycles. The number of aromatic nitrogens is 1. The van der Waals surface area contributed by atoms with E-state index in [1.165, 1.54) is 11.1 Å². The van der Waals surface area contributed by atoms with Gasteiger partial charge in [0.25, 0.3) is 0 Å². The molecule has 0 bridgehead atoms. The van der Waals surface area contributed by atoms with Gasteiger partial charge in [0.2, 0.25) is 5.91 Å². The zero-order valence-corrected chi connectivity index (χ0v) is 10.7. The molecular weight excluding hydrogens is 248 g/mol. The first-order valence-electron chi connectivity index (χ1n) is 5.35. The quantitative estimate of drug-likeness (QED) is 0.336. The fourth-order valence-corrected chi connectivity index (χ4v) is 1.09. The first-order valence-corrected chi connectivity index (χ1v) is 5.35. The number of urea groups is 1. The number of amides is 3. The molecule has 0 aliphatic heterocycles. The molecule has 8 nitrogen and oxygen atoms in total. The van der Waals surface area contributed by atoms with Crippen LogP contribution in [0.25, 0.3) is 0 Å². The van der Waals surface area contributed by atoms with Crippen LogP contribution in [0.4, 0.5) is 10.5 Å². The van der Waals surface area contributed by atoms with Crippen molar-refractivity contribution in [2.45, 2.75) is 0 Å². The normalized spacial score (nSPS) is 10.3. The van der Waals surface area contributed by atoms with Crippen molar-refractivity contribution in [2.24, 2.45) is 11.7 Å². The predicted molar refractivity (Wildman–Crippen MR) is 70.2 cm³/mol. The summed E-state index contributed by atoms with van der Waals surface area (Å²) in [6.07, 6.45) is 5.27. The number of rotatable bonds is 3. The molecule has 0 aromatic carbocycles. The summed E-state index contributed by atoms with van der Waals surface area (Å²) in [5.74, 6) is 10.8. The highest BCUT2D eigenvalue weighted by Crippen LogP contribution is 2.08. The number of carbonyl (C=O) groups is 2. The summed E-state index contributed by atoms with van der Waals surface area (Å²) in [6.45, 7) is 0. The molecule has 0 saturated carbocycles. The molecule has 0 fully saturated rings. The van der Waals surface area contributed by atoms with Crippen LogP contribution in [0.3, 0.4) is 0 Å². The lowest BCUT2D eigenvalue weighted by atomic mass is 10.4. The first-order chi connectivity index (χ1) is 8.93. The Kier molecular flexibility index (Phi) is 4.98. The average molecular weight is 264 g/mol. The SMILES string of the molecule is CN(C)C(=O)/C=C/N(N)C(=O)N(N)c1cccnc1. The fourth-order valence-electron chi connectivity index (χ4n) is 1.09. The van der Waals surface area contributed by atoms with Crippen molar-refractivity contribution < 1.29 is 9.59 Å². The predicted octanol–water partition coefficient (Wildman–Crippen LogP) is -0.341. The summed E-state index contributed by atoms with van der Waals surface area (Å²) < 4.78 is 0. The molecule has 1 heterocycles. The van der Waals surface area contributed by atoms with Crippen LogP contribution in [0.1, 0.15) is 0 Å². The molecule has 0 radical (unpaired) electrons. The number of pyridine rings is 1. The standard InChI is InChI=1S/C11H16N6O2/c1-15(2)10(18)5-7-16(12)11(19)17(13)9-4-3-6-14-8-9/h3-8H,12-13H2,1-2H3/b7-5+. The van der Waals surface area contributed by atoms with E-state index >= 15 is 0 Å². The number of carbonyl (C=O) groups excluding carboxylic acids is 2. The van der Waals surface area contributed by atoms with E-state index in [0.717, 1.165) is 17.3 Å². The Morgan fingerprint density at radius 2 is 2.00 bits per heavy atom. The van der Waals surface area contributed by atoms with Crippen molar-refractivity contribution in [3.8, 4) is 0 Å². The third kappa shape index (κ3) is 4.05. The molecule has 3 amide bonds. The Balaban J connectivity index is 2.70. The number of likely N-dealkylation sites (N-methyl/N-ethyl adjacent to an activating group) is 1. The van der Waals surface area contributed by atoms with Crippen LogP contribution in [0.5, 0.6) is 0 Å².